The molecule has 0 fully saturated rings. The third kappa shape index (κ3) is 6.57. The summed E-state index contributed by atoms with van der Waals surface area (Å²) in [4.78, 5) is 11.4. The van der Waals surface area contributed by atoms with E-state index in [9.17, 15) is 4.79 Å². The lowest BCUT2D eigenvalue weighted by molar-refractivity contribution is -0.145. The highest BCUT2D eigenvalue weighted by atomic mass is 35.5. The molecule has 0 aromatic heterocycles. The fourth-order valence-electron chi connectivity index (χ4n) is 2.50. The topological polar surface area (TPSA) is 61.5 Å². The van der Waals surface area contributed by atoms with Crippen molar-refractivity contribution in [1.82, 2.24) is 0 Å². The summed E-state index contributed by atoms with van der Waals surface area (Å²) >= 11 is 4.50. The Morgan fingerprint density at radius 2 is 1.78 bits per heavy atom. The number of carbonyl (C=O) groups excluding carboxylic acids is 1. The molecule has 2 N–H and O–H groups in total. The minimum atomic E-state index is -0.195. The van der Waals surface area contributed by atoms with E-state index in [0.717, 1.165) is 6.42 Å². The third-order valence-electron chi connectivity index (χ3n) is 3.57. The van der Waals surface area contributed by atoms with Crippen molar-refractivity contribution in [3.05, 3.63) is 48.0 Å². The maximum absolute atomic E-state index is 11.4. The first-order valence-electron chi connectivity index (χ1n) is 7.47. The zero-order valence-corrected chi connectivity index (χ0v) is 14.5. The van der Waals surface area contributed by atoms with Crippen molar-refractivity contribution < 1.29 is 13.8 Å². The van der Waals surface area contributed by atoms with Gasteiger partial charge in [-0.05, 0) is 29.2 Å². The minimum Gasteiger partial charge on any atom is -0.469 e. The molecule has 4 nitrogen and oxygen atoms in total. The molecule has 2 rings (SSSR count). The second-order valence-electron chi connectivity index (χ2n) is 5.46. The van der Waals surface area contributed by atoms with E-state index in [1.165, 1.54) is 30.6 Å². The highest BCUT2D eigenvalue weighted by molar-refractivity contribution is 6.07. The van der Waals surface area contributed by atoms with Crippen molar-refractivity contribution in [3.8, 4) is 0 Å². The number of ether oxygens (including phenoxy) is 1. The molecule has 0 saturated heterocycles. The molecule has 23 heavy (non-hydrogen) atoms. The van der Waals surface area contributed by atoms with Gasteiger partial charge in [0, 0.05) is 6.04 Å². The highest BCUT2D eigenvalue weighted by Crippen LogP contribution is 2.18. The molecule has 0 amide bonds. The Balaban J connectivity index is 0.000000816. The average Bonchev–Trinajstić information content (AvgIpc) is 2.54. The molecule has 0 radical (unpaired) electrons. The Labute approximate surface area is 142 Å². The Morgan fingerprint density at radius 1 is 1.17 bits per heavy atom. The number of benzene rings is 2. The van der Waals surface area contributed by atoms with Crippen LogP contribution in [-0.2, 0) is 20.2 Å². The van der Waals surface area contributed by atoms with Gasteiger partial charge in [-0.25, -0.2) is 0 Å². The van der Waals surface area contributed by atoms with E-state index in [1.54, 1.807) is 0 Å². The molecule has 0 aliphatic rings. The van der Waals surface area contributed by atoms with Crippen LogP contribution in [0.3, 0.4) is 0 Å². The lowest BCUT2D eigenvalue weighted by atomic mass is 9.95. The summed E-state index contributed by atoms with van der Waals surface area (Å²) in [6.07, 6.45) is 1.41. The van der Waals surface area contributed by atoms with E-state index in [2.05, 4.69) is 46.5 Å². The predicted molar refractivity (Wildman–Crippen MR) is 94.3 cm³/mol. The normalized spacial score (nSPS) is 12.9. The van der Waals surface area contributed by atoms with Gasteiger partial charge in [0.2, 0.25) is 0 Å². The number of fused-ring (bicyclic) bond motifs is 1. The van der Waals surface area contributed by atoms with Crippen LogP contribution in [0.15, 0.2) is 42.5 Å². The van der Waals surface area contributed by atoms with Crippen molar-refractivity contribution in [3.63, 3.8) is 0 Å². The van der Waals surface area contributed by atoms with Gasteiger partial charge in [0.15, 0.2) is 0 Å². The van der Waals surface area contributed by atoms with Crippen LogP contribution in [0.1, 0.15) is 18.9 Å². The molecule has 5 heteroatoms. The Kier molecular flexibility index (Phi) is 8.62. The number of hydrogen-bond acceptors (Lipinski definition) is 4. The van der Waals surface area contributed by atoms with Gasteiger partial charge in [-0.15, -0.1) is 0 Å². The van der Waals surface area contributed by atoms with Gasteiger partial charge in [-0.2, -0.15) is 0 Å². The van der Waals surface area contributed by atoms with Crippen LogP contribution >= 0.6 is 11.9 Å². The predicted octanol–water partition coefficient (Wildman–Crippen LogP) is 3.70. The van der Waals surface area contributed by atoms with Crippen LogP contribution in [0.5, 0.6) is 0 Å². The maximum Gasteiger partial charge on any atom is 0.308 e. The molecule has 0 bridgehead atoms. The molecule has 2 aromatic carbocycles. The largest absolute Gasteiger partial charge is 0.469 e. The van der Waals surface area contributed by atoms with Gasteiger partial charge >= 0.3 is 5.97 Å². The van der Waals surface area contributed by atoms with Crippen LogP contribution in [-0.4, -0.2) is 26.2 Å². The molecule has 0 aliphatic heterocycles. The lowest BCUT2D eigenvalue weighted by Gasteiger charge is -2.16. The number of rotatable bonds is 5. The van der Waals surface area contributed by atoms with Crippen LogP contribution in [0, 0.1) is 5.92 Å². The molecular weight excluding hydrogens is 314 g/mol. The average molecular weight is 338 g/mol. The minimum absolute atomic E-state index is 0.0368. The van der Waals surface area contributed by atoms with Crippen molar-refractivity contribution in [1.29, 1.82) is 0 Å². The molecule has 0 saturated carbocycles. The van der Waals surface area contributed by atoms with Crippen LogP contribution in [0.2, 0.25) is 0 Å². The molecule has 0 aliphatic carbocycles. The van der Waals surface area contributed by atoms with Crippen molar-refractivity contribution in [2.24, 2.45) is 11.7 Å². The van der Waals surface area contributed by atoms with Gasteiger partial charge in [0.1, 0.15) is 0 Å². The Morgan fingerprint density at radius 3 is 2.39 bits per heavy atom. The van der Waals surface area contributed by atoms with Crippen molar-refractivity contribution >= 4 is 28.6 Å². The SMILES string of the molecule is COC(=O)C(C)CC(N)Cc1ccc2ccccc2c1.COCl. The van der Waals surface area contributed by atoms with Gasteiger partial charge < -0.3 is 10.5 Å². The van der Waals surface area contributed by atoms with Gasteiger partial charge in [-0.3, -0.25) is 9.08 Å². The van der Waals surface area contributed by atoms with Gasteiger partial charge in [0.05, 0.1) is 32.0 Å². The molecule has 126 valence electrons. The maximum atomic E-state index is 11.4. The first-order chi connectivity index (χ1) is 11.0. The summed E-state index contributed by atoms with van der Waals surface area (Å²) < 4.78 is 8.45. The summed E-state index contributed by atoms with van der Waals surface area (Å²) in [6.45, 7) is 1.85. The highest BCUT2D eigenvalue weighted by Gasteiger charge is 2.17. The Bertz CT molecular complexity index is 618. The van der Waals surface area contributed by atoms with Crippen molar-refractivity contribution in [2.45, 2.75) is 25.8 Å². The van der Waals surface area contributed by atoms with Crippen LogP contribution in [0.25, 0.3) is 10.8 Å². The fourth-order valence-corrected chi connectivity index (χ4v) is 2.50. The van der Waals surface area contributed by atoms with E-state index in [-0.39, 0.29) is 17.9 Å². The van der Waals surface area contributed by atoms with E-state index in [4.69, 9.17) is 10.5 Å². The summed E-state index contributed by atoms with van der Waals surface area (Å²) in [5.41, 5.74) is 7.34. The molecule has 0 heterocycles. The lowest BCUT2D eigenvalue weighted by Crippen LogP contribution is -2.28. The number of esters is 1. The summed E-state index contributed by atoms with van der Waals surface area (Å²) in [7, 11) is 2.80. The van der Waals surface area contributed by atoms with Gasteiger partial charge in [-0.1, -0.05) is 49.4 Å². The fraction of sp³-hybridized carbons (Fsp3) is 0.389. The number of hydrogen-bond donors (Lipinski definition) is 1. The molecule has 2 atom stereocenters. The van der Waals surface area contributed by atoms with E-state index < -0.39 is 0 Å². The molecular formula is C18H24ClNO3. The van der Waals surface area contributed by atoms with Gasteiger partial charge in [0.25, 0.3) is 0 Å². The van der Waals surface area contributed by atoms with Crippen LogP contribution in [0.4, 0.5) is 0 Å². The number of nitrogens with two attached hydrogens (primary N) is 1. The summed E-state index contributed by atoms with van der Waals surface area (Å²) in [5.74, 6) is -0.352. The summed E-state index contributed by atoms with van der Waals surface area (Å²) in [5, 5.41) is 2.45. The summed E-state index contributed by atoms with van der Waals surface area (Å²) in [6, 6.07) is 14.6. The third-order valence-corrected chi connectivity index (χ3v) is 3.57. The number of halogens is 1. The second kappa shape index (κ2) is 10.2. The quantitative estimate of drug-likeness (QED) is 0.845. The van der Waals surface area contributed by atoms with Crippen LogP contribution < -0.4 is 5.73 Å². The second-order valence-corrected chi connectivity index (χ2v) is 5.77. The molecule has 2 aromatic rings. The smallest absolute Gasteiger partial charge is 0.308 e. The molecule has 2 unspecified atom stereocenters. The number of carbonyl (C=O) groups is 1. The first-order valence-corrected chi connectivity index (χ1v) is 7.78. The number of methoxy groups -OCH3 is 1. The monoisotopic (exact) mass is 337 g/mol. The van der Waals surface area contributed by atoms with Crippen molar-refractivity contribution in [2.75, 3.05) is 14.2 Å². The van der Waals surface area contributed by atoms with E-state index >= 15 is 0 Å². The van der Waals surface area contributed by atoms with E-state index in [0.29, 0.717) is 6.42 Å². The first kappa shape index (κ1) is 19.4. The van der Waals surface area contributed by atoms with E-state index in [1.807, 2.05) is 19.1 Å². The standard InChI is InChI=1S/C17H21NO2.CH3ClO/c1-12(17(19)20-2)9-16(18)11-13-7-8-14-5-3-4-6-15(14)10-13;1-3-2/h3-8,10,12,16H,9,11,18H2,1-2H3;1H3. The molecule has 0 spiro atoms. The zero-order chi connectivity index (χ0) is 17.2. The zero-order valence-electron chi connectivity index (χ0n) is 13.8. The Hall–Kier alpha value is -1.62.